The molecule has 1 heterocycles. The average molecular weight is 270 g/mol. The summed E-state index contributed by atoms with van der Waals surface area (Å²) < 4.78 is 2.39. The van der Waals surface area contributed by atoms with Crippen molar-refractivity contribution in [3.63, 3.8) is 0 Å². The van der Waals surface area contributed by atoms with Crippen LogP contribution in [0, 0.1) is 0 Å². The van der Waals surface area contributed by atoms with E-state index in [0.29, 0.717) is 0 Å². The van der Waals surface area contributed by atoms with Crippen LogP contribution in [0.3, 0.4) is 0 Å². The maximum Gasteiger partial charge on any atom is 0.0491 e. The Kier molecular flexibility index (Phi) is 3.31. The molecule has 0 saturated carbocycles. The lowest BCUT2D eigenvalue weighted by Gasteiger charge is -2.09. The Morgan fingerprint density at radius 1 is 1.00 bits per heavy atom. The molecule has 0 fully saturated rings. The molecule has 0 aliphatic heterocycles. The van der Waals surface area contributed by atoms with Gasteiger partial charge in [-0.25, -0.2) is 0 Å². The summed E-state index contributed by atoms with van der Waals surface area (Å²) in [4.78, 5) is 0. The van der Waals surface area contributed by atoms with Gasteiger partial charge in [0.05, 0.1) is 0 Å². The highest BCUT2D eigenvalue weighted by Gasteiger charge is 2.09. The predicted octanol–water partition coefficient (Wildman–Crippen LogP) is 5.37. The first-order chi connectivity index (χ1) is 9.29. The zero-order valence-electron chi connectivity index (χ0n) is 10.9. The lowest BCUT2D eigenvalue weighted by Crippen LogP contribution is -1.98. The topological polar surface area (TPSA) is 4.93 Å². The average Bonchev–Trinajstić information content (AvgIpc) is 2.79. The van der Waals surface area contributed by atoms with Crippen LogP contribution in [0.2, 0.25) is 5.02 Å². The Morgan fingerprint density at radius 2 is 1.74 bits per heavy atom. The number of fused-ring (bicyclic) bond motifs is 1. The largest absolute Gasteiger partial charge is 0.341 e. The Bertz CT molecular complexity index is 695. The van der Waals surface area contributed by atoms with Crippen molar-refractivity contribution in [3.8, 4) is 11.3 Å². The smallest absolute Gasteiger partial charge is 0.0491 e. The predicted molar refractivity (Wildman–Crippen MR) is 82.7 cm³/mol. The van der Waals surface area contributed by atoms with E-state index >= 15 is 0 Å². The van der Waals surface area contributed by atoms with Crippen LogP contribution in [-0.4, -0.2) is 4.57 Å². The number of aryl methyl sites for hydroxylation is 1. The van der Waals surface area contributed by atoms with Gasteiger partial charge in [0.2, 0.25) is 0 Å². The normalized spacial score (nSPS) is 11.1. The highest BCUT2D eigenvalue weighted by atomic mass is 35.5. The third-order valence-corrected chi connectivity index (χ3v) is 3.65. The summed E-state index contributed by atoms with van der Waals surface area (Å²) in [6.07, 6.45) is 1.12. The molecule has 0 bridgehead atoms. The van der Waals surface area contributed by atoms with Crippen molar-refractivity contribution in [2.45, 2.75) is 19.9 Å². The zero-order chi connectivity index (χ0) is 13.2. The molecule has 0 aliphatic rings. The van der Waals surface area contributed by atoms with Gasteiger partial charge in [0.15, 0.2) is 0 Å². The van der Waals surface area contributed by atoms with Crippen molar-refractivity contribution in [2.75, 3.05) is 0 Å². The van der Waals surface area contributed by atoms with E-state index in [9.17, 15) is 0 Å². The highest BCUT2D eigenvalue weighted by Crippen LogP contribution is 2.29. The second-order valence-corrected chi connectivity index (χ2v) is 5.18. The fraction of sp³-hybridized carbons (Fsp3) is 0.176. The Hall–Kier alpha value is -1.73. The van der Waals surface area contributed by atoms with E-state index in [0.717, 1.165) is 18.0 Å². The molecule has 0 unspecified atom stereocenters. The molecule has 0 amide bonds. The molecule has 0 aliphatic carbocycles. The van der Waals surface area contributed by atoms with E-state index in [1.54, 1.807) is 0 Å². The molecule has 2 heteroatoms. The summed E-state index contributed by atoms with van der Waals surface area (Å²) >= 11 is 5.97. The minimum Gasteiger partial charge on any atom is -0.341 e. The Morgan fingerprint density at radius 3 is 2.47 bits per heavy atom. The number of para-hydroxylation sites is 1. The van der Waals surface area contributed by atoms with Crippen LogP contribution < -0.4 is 0 Å². The van der Waals surface area contributed by atoms with Crippen LogP contribution in [0.5, 0.6) is 0 Å². The molecule has 1 nitrogen and oxygen atoms in total. The van der Waals surface area contributed by atoms with Gasteiger partial charge in [0.1, 0.15) is 0 Å². The molecule has 0 atom stereocenters. The first kappa shape index (κ1) is 12.3. The number of rotatable bonds is 3. The van der Waals surface area contributed by atoms with Crippen molar-refractivity contribution in [2.24, 2.45) is 0 Å². The van der Waals surface area contributed by atoms with E-state index in [1.165, 1.54) is 22.2 Å². The third-order valence-electron chi connectivity index (χ3n) is 3.40. The monoisotopic (exact) mass is 269 g/mol. The summed E-state index contributed by atoms with van der Waals surface area (Å²) in [5.41, 5.74) is 3.78. The molecule has 3 rings (SSSR count). The van der Waals surface area contributed by atoms with Gasteiger partial charge in [-0.15, -0.1) is 0 Å². The van der Waals surface area contributed by atoms with Gasteiger partial charge in [0.25, 0.3) is 0 Å². The summed E-state index contributed by atoms with van der Waals surface area (Å²) in [5.74, 6) is 0. The lowest BCUT2D eigenvalue weighted by atomic mass is 10.1. The van der Waals surface area contributed by atoms with Gasteiger partial charge in [-0.1, -0.05) is 48.9 Å². The van der Waals surface area contributed by atoms with Gasteiger partial charge in [-0.3, -0.25) is 0 Å². The number of aromatic nitrogens is 1. The molecule has 0 N–H and O–H groups in total. The van der Waals surface area contributed by atoms with E-state index in [2.05, 4.69) is 54.0 Å². The maximum absolute atomic E-state index is 5.97. The van der Waals surface area contributed by atoms with Crippen LogP contribution in [-0.2, 0) is 6.54 Å². The quantitative estimate of drug-likeness (QED) is 0.602. The summed E-state index contributed by atoms with van der Waals surface area (Å²) in [7, 11) is 0. The second kappa shape index (κ2) is 5.10. The lowest BCUT2D eigenvalue weighted by molar-refractivity contribution is 0.709. The van der Waals surface area contributed by atoms with Crippen LogP contribution in [0.4, 0.5) is 0 Å². The van der Waals surface area contributed by atoms with E-state index in [-0.39, 0.29) is 0 Å². The molecule has 1 aromatic heterocycles. The third kappa shape index (κ3) is 2.26. The minimum absolute atomic E-state index is 0.780. The molecule has 0 radical (unpaired) electrons. The number of hydrogen-bond acceptors (Lipinski definition) is 0. The summed E-state index contributed by atoms with van der Waals surface area (Å²) in [6, 6.07) is 18.9. The van der Waals surface area contributed by atoms with Gasteiger partial charge in [-0.2, -0.15) is 0 Å². The number of halogens is 1. The molecule has 96 valence electrons. The van der Waals surface area contributed by atoms with E-state index in [4.69, 9.17) is 11.6 Å². The van der Waals surface area contributed by atoms with Crippen LogP contribution in [0.15, 0.2) is 54.6 Å². The minimum atomic E-state index is 0.780. The van der Waals surface area contributed by atoms with Crippen molar-refractivity contribution in [1.29, 1.82) is 0 Å². The molecule has 0 saturated heterocycles. The first-order valence-corrected chi connectivity index (χ1v) is 7.01. The standard InChI is InChI=1S/C17H16ClN/c1-2-11-19-16-6-4-3-5-14(16)12-17(19)13-7-9-15(18)10-8-13/h3-10,12H,2,11H2,1H3. The molecule has 3 aromatic rings. The molecule has 2 aromatic carbocycles. The highest BCUT2D eigenvalue weighted by molar-refractivity contribution is 6.30. The summed E-state index contributed by atoms with van der Waals surface area (Å²) in [6.45, 7) is 3.24. The van der Waals surface area contributed by atoms with E-state index < -0.39 is 0 Å². The zero-order valence-corrected chi connectivity index (χ0v) is 11.7. The Labute approximate surface area is 118 Å². The number of hydrogen-bond donors (Lipinski definition) is 0. The number of benzene rings is 2. The second-order valence-electron chi connectivity index (χ2n) is 4.75. The van der Waals surface area contributed by atoms with Gasteiger partial charge >= 0.3 is 0 Å². The van der Waals surface area contributed by atoms with Crippen LogP contribution in [0.25, 0.3) is 22.2 Å². The van der Waals surface area contributed by atoms with Gasteiger partial charge in [-0.05, 0) is 36.2 Å². The molecule has 0 spiro atoms. The fourth-order valence-electron chi connectivity index (χ4n) is 2.53. The number of nitrogens with zero attached hydrogens (tertiary/aromatic N) is 1. The van der Waals surface area contributed by atoms with Crippen LogP contribution >= 0.6 is 11.6 Å². The van der Waals surface area contributed by atoms with Gasteiger partial charge < -0.3 is 4.57 Å². The van der Waals surface area contributed by atoms with Crippen LogP contribution in [0.1, 0.15) is 13.3 Å². The molecular weight excluding hydrogens is 254 g/mol. The first-order valence-electron chi connectivity index (χ1n) is 6.64. The van der Waals surface area contributed by atoms with Crippen molar-refractivity contribution < 1.29 is 0 Å². The Balaban J connectivity index is 2.21. The molecular formula is C17H16ClN. The maximum atomic E-state index is 5.97. The molecule has 19 heavy (non-hydrogen) atoms. The van der Waals surface area contributed by atoms with E-state index in [1.807, 2.05) is 12.1 Å². The summed E-state index contributed by atoms with van der Waals surface area (Å²) in [5, 5.41) is 2.07. The fourth-order valence-corrected chi connectivity index (χ4v) is 2.66. The van der Waals surface area contributed by atoms with Gasteiger partial charge in [0, 0.05) is 28.2 Å². The van der Waals surface area contributed by atoms with Crippen molar-refractivity contribution in [3.05, 3.63) is 59.6 Å². The SMILES string of the molecule is CCCn1c(-c2ccc(Cl)cc2)cc2ccccc21. The van der Waals surface area contributed by atoms with Crippen molar-refractivity contribution in [1.82, 2.24) is 4.57 Å². The van der Waals surface area contributed by atoms with Crippen molar-refractivity contribution >= 4 is 22.5 Å².